The number of hydrogen-bond donors (Lipinski definition) is 1. The van der Waals surface area contributed by atoms with Gasteiger partial charge in [0.15, 0.2) is 0 Å². The van der Waals surface area contributed by atoms with E-state index in [4.69, 9.17) is 19.3 Å². The molecule has 0 unspecified atom stereocenters. The largest absolute Gasteiger partial charge is 0.410 e. The number of aromatic nitrogens is 1. The number of pyridine rings is 1. The first-order valence-electron chi connectivity index (χ1n) is 15.4. The van der Waals surface area contributed by atoms with Crippen LogP contribution in [0, 0.1) is 0 Å². The number of hydrogen-bond acceptors (Lipinski definition) is 5. The van der Waals surface area contributed by atoms with Crippen LogP contribution in [-0.4, -0.2) is 39.9 Å². The lowest BCUT2D eigenvalue weighted by Gasteiger charge is -2.53. The summed E-state index contributed by atoms with van der Waals surface area (Å²) in [6, 6.07) is 2.02. The molecule has 1 saturated heterocycles. The first-order chi connectivity index (χ1) is 17.7. The highest BCUT2D eigenvalue weighted by molar-refractivity contribution is 6.78. The predicted octanol–water partition coefficient (Wildman–Crippen LogP) is 9.42. The molecule has 2 N–H and O–H groups in total. The Hall–Kier alpha value is -0.736. The molecule has 0 aromatic carbocycles. The normalized spacial score (nSPS) is 23.6. The van der Waals surface area contributed by atoms with E-state index in [9.17, 15) is 0 Å². The van der Waals surface area contributed by atoms with Crippen LogP contribution in [0.5, 0.6) is 0 Å². The second-order valence-corrected chi connectivity index (χ2v) is 24.4. The van der Waals surface area contributed by atoms with Gasteiger partial charge in [0.1, 0.15) is 0 Å². The van der Waals surface area contributed by atoms with Gasteiger partial charge in [-0.25, -0.2) is 0 Å². The van der Waals surface area contributed by atoms with Gasteiger partial charge in [0.2, 0.25) is 16.6 Å². The van der Waals surface area contributed by atoms with E-state index in [1.165, 1.54) is 0 Å². The Morgan fingerprint density at radius 2 is 1.32 bits per heavy atom. The highest BCUT2D eigenvalue weighted by atomic mass is 28.4. The third kappa shape index (κ3) is 6.59. The van der Waals surface area contributed by atoms with Crippen LogP contribution in [0.4, 0.5) is 5.69 Å². The first-order valence-corrected chi connectivity index (χ1v) is 19.6. The molecular formula is C31H60N2O3Si2. The SMILES string of the molecule is CCC[C@H]1O[C@H](c2ccncc2N)C[C@@H](O[Si](C(C)C)(C(C)C)C(C)C)[C@@H]1O[Si](C(C)C)(C(C)C)C(C)C. The minimum absolute atomic E-state index is 0.0279. The third-order valence-corrected chi connectivity index (χ3v) is 21.7. The van der Waals surface area contributed by atoms with E-state index in [2.05, 4.69) is 95.0 Å². The molecule has 0 aliphatic carbocycles. The lowest BCUT2D eigenvalue weighted by atomic mass is 9.92. The zero-order valence-corrected chi connectivity index (χ0v) is 28.9. The van der Waals surface area contributed by atoms with Gasteiger partial charge in [0.05, 0.1) is 36.3 Å². The van der Waals surface area contributed by atoms with Gasteiger partial charge >= 0.3 is 0 Å². The summed E-state index contributed by atoms with van der Waals surface area (Å²) < 4.78 is 22.2. The zero-order chi connectivity index (χ0) is 29.0. The number of ether oxygens (including phenoxy) is 1. The predicted molar refractivity (Wildman–Crippen MR) is 168 cm³/mol. The first kappa shape index (κ1) is 33.5. The molecule has 0 amide bonds. The summed E-state index contributed by atoms with van der Waals surface area (Å²) in [5.74, 6) is 0. The molecular weight excluding hydrogens is 505 g/mol. The fourth-order valence-electron chi connectivity index (χ4n) is 7.94. The molecule has 5 nitrogen and oxygen atoms in total. The molecule has 1 aromatic rings. The lowest BCUT2D eigenvalue weighted by molar-refractivity contribution is -0.164. The maximum absolute atomic E-state index is 7.63. The molecule has 220 valence electrons. The van der Waals surface area contributed by atoms with Crippen molar-refractivity contribution in [3.8, 4) is 0 Å². The fourth-order valence-corrected chi connectivity index (χ4v) is 19.1. The van der Waals surface area contributed by atoms with Gasteiger partial charge in [-0.1, -0.05) is 96.4 Å². The summed E-state index contributed by atoms with van der Waals surface area (Å²) in [6.07, 6.45) is 6.07. The average Bonchev–Trinajstić information content (AvgIpc) is 2.80. The van der Waals surface area contributed by atoms with E-state index >= 15 is 0 Å². The number of nitrogens with zero attached hydrogens (tertiary/aromatic N) is 1. The van der Waals surface area contributed by atoms with Gasteiger partial charge in [0, 0.05) is 18.2 Å². The van der Waals surface area contributed by atoms with Crippen LogP contribution < -0.4 is 5.73 Å². The van der Waals surface area contributed by atoms with Crippen molar-refractivity contribution in [1.82, 2.24) is 4.98 Å². The lowest BCUT2D eigenvalue weighted by Crippen LogP contribution is -2.61. The van der Waals surface area contributed by atoms with Gasteiger partial charge in [-0.2, -0.15) is 0 Å². The quantitative estimate of drug-likeness (QED) is 0.242. The van der Waals surface area contributed by atoms with Crippen molar-refractivity contribution in [2.24, 2.45) is 0 Å². The van der Waals surface area contributed by atoms with Crippen LogP contribution in [0.25, 0.3) is 0 Å². The molecule has 1 aromatic heterocycles. The van der Waals surface area contributed by atoms with Crippen LogP contribution in [-0.2, 0) is 13.6 Å². The Kier molecular flexibility index (Phi) is 12.1. The number of rotatable bonds is 13. The van der Waals surface area contributed by atoms with Crippen LogP contribution in [0.2, 0.25) is 33.2 Å². The summed E-state index contributed by atoms with van der Waals surface area (Å²) in [5, 5.41) is 0. The Labute approximate surface area is 237 Å². The summed E-state index contributed by atoms with van der Waals surface area (Å²) in [7, 11) is -4.35. The molecule has 1 aliphatic rings. The van der Waals surface area contributed by atoms with Crippen LogP contribution in [0.1, 0.15) is 121 Å². The molecule has 4 atom stereocenters. The second kappa shape index (κ2) is 13.8. The summed E-state index contributed by atoms with van der Waals surface area (Å²) in [4.78, 5) is 4.24. The van der Waals surface area contributed by atoms with Crippen molar-refractivity contribution < 1.29 is 13.6 Å². The fraction of sp³-hybridized carbons (Fsp3) is 0.839. The molecule has 7 heteroatoms. The molecule has 1 aliphatic heterocycles. The smallest absolute Gasteiger partial charge is 0.201 e. The Balaban J connectivity index is 2.70. The van der Waals surface area contributed by atoms with Gasteiger partial charge in [-0.15, -0.1) is 0 Å². The van der Waals surface area contributed by atoms with Crippen molar-refractivity contribution in [2.45, 2.75) is 167 Å². The molecule has 2 heterocycles. The average molecular weight is 565 g/mol. The third-order valence-electron chi connectivity index (χ3n) is 9.44. The maximum Gasteiger partial charge on any atom is 0.201 e. The summed E-state index contributed by atoms with van der Waals surface area (Å²) in [5.41, 5.74) is 11.2. The summed E-state index contributed by atoms with van der Waals surface area (Å²) in [6.45, 7) is 30.7. The van der Waals surface area contributed by atoms with Crippen LogP contribution in [0.15, 0.2) is 18.5 Å². The molecule has 2 rings (SSSR count). The van der Waals surface area contributed by atoms with Crippen molar-refractivity contribution in [3.05, 3.63) is 24.0 Å². The number of nitrogens with two attached hydrogens (primary N) is 1. The Bertz CT molecular complexity index is 816. The molecule has 0 spiro atoms. The van der Waals surface area contributed by atoms with Gasteiger partial charge in [0.25, 0.3) is 0 Å². The summed E-state index contributed by atoms with van der Waals surface area (Å²) >= 11 is 0. The van der Waals surface area contributed by atoms with Crippen molar-refractivity contribution in [2.75, 3.05) is 5.73 Å². The minimum atomic E-state index is -2.18. The van der Waals surface area contributed by atoms with Gasteiger partial charge < -0.3 is 19.3 Å². The van der Waals surface area contributed by atoms with E-state index in [0.717, 1.165) is 24.8 Å². The van der Waals surface area contributed by atoms with E-state index in [-0.39, 0.29) is 24.4 Å². The van der Waals surface area contributed by atoms with Crippen molar-refractivity contribution in [3.63, 3.8) is 0 Å². The number of anilines is 1. The Morgan fingerprint density at radius 1 is 0.842 bits per heavy atom. The van der Waals surface area contributed by atoms with Crippen molar-refractivity contribution >= 4 is 22.3 Å². The monoisotopic (exact) mass is 564 g/mol. The van der Waals surface area contributed by atoms with Crippen molar-refractivity contribution in [1.29, 1.82) is 0 Å². The second-order valence-electron chi connectivity index (χ2n) is 13.6. The number of nitrogen functional groups attached to an aromatic ring is 1. The van der Waals surface area contributed by atoms with Gasteiger partial charge in [-0.05, 0) is 45.7 Å². The van der Waals surface area contributed by atoms with Gasteiger partial charge in [-0.3, -0.25) is 4.98 Å². The van der Waals surface area contributed by atoms with Crippen LogP contribution in [0.3, 0.4) is 0 Å². The topological polar surface area (TPSA) is 66.6 Å². The molecule has 1 fully saturated rings. The highest BCUT2D eigenvalue weighted by Gasteiger charge is 2.54. The zero-order valence-electron chi connectivity index (χ0n) is 26.9. The van der Waals surface area contributed by atoms with Crippen LogP contribution >= 0.6 is 0 Å². The Morgan fingerprint density at radius 3 is 1.74 bits per heavy atom. The highest BCUT2D eigenvalue weighted by Crippen LogP contribution is 2.50. The van der Waals surface area contributed by atoms with E-state index in [0.29, 0.717) is 38.9 Å². The minimum Gasteiger partial charge on any atom is -0.410 e. The maximum atomic E-state index is 7.63. The molecule has 0 bridgehead atoms. The standard InChI is InChI=1S/C31H60N2O3Si2/c1-14-15-28-31(36-38(23(8)9,24(10)11)25(12)13)30(35-37(20(2)3,21(4)5)22(6)7)18-29(34-28)26-16-17-33-19-27(26)32/h16-17,19-25,28-31H,14-15,18,32H2,1-13H3/t28-,29+,30-,31-/m1/s1. The molecule has 38 heavy (non-hydrogen) atoms. The molecule has 0 saturated carbocycles. The van der Waals surface area contributed by atoms with E-state index < -0.39 is 16.6 Å². The molecule has 0 radical (unpaired) electrons. The van der Waals surface area contributed by atoms with E-state index in [1.54, 1.807) is 6.20 Å². The van der Waals surface area contributed by atoms with E-state index in [1.807, 2.05) is 12.3 Å².